The van der Waals surface area contributed by atoms with Crippen molar-refractivity contribution in [3.63, 3.8) is 0 Å². The van der Waals surface area contributed by atoms with Crippen LogP contribution in [0.5, 0.6) is 0 Å². The molecule has 0 fully saturated rings. The number of fused-ring (bicyclic) bond motifs is 4. The quantitative estimate of drug-likeness (QED) is 0.696. The number of halogens is 3. The number of amides is 1. The van der Waals surface area contributed by atoms with Gasteiger partial charge in [-0.2, -0.15) is 13.2 Å². The molecule has 0 aliphatic carbocycles. The van der Waals surface area contributed by atoms with E-state index in [0.717, 1.165) is 12.1 Å². The summed E-state index contributed by atoms with van der Waals surface area (Å²) in [7, 11) is 1.44. The van der Waals surface area contributed by atoms with Gasteiger partial charge >= 0.3 is 12.1 Å². The largest absolute Gasteiger partial charge is 0.435 e. The van der Waals surface area contributed by atoms with E-state index in [0.29, 0.717) is 0 Å². The second kappa shape index (κ2) is 4.37. The number of ether oxygens (including phenoxy) is 1. The predicted octanol–water partition coefficient (Wildman–Crippen LogP) is 3.10. The molecule has 2 aromatic carbocycles. The molecule has 7 heteroatoms. The van der Waals surface area contributed by atoms with Gasteiger partial charge < -0.3 is 9.64 Å². The van der Waals surface area contributed by atoms with Gasteiger partial charge in [-0.15, -0.1) is 0 Å². The normalized spacial score (nSPS) is 21.9. The van der Waals surface area contributed by atoms with Crippen molar-refractivity contribution in [3.8, 4) is 0 Å². The number of likely N-dealkylation sites (N-methyl/N-ethyl adjacent to an activating group) is 1. The van der Waals surface area contributed by atoms with Gasteiger partial charge in [0.1, 0.15) is 0 Å². The fraction of sp³-hybridized carbons (Fsp3) is 0.176. The van der Waals surface area contributed by atoms with E-state index in [1.807, 2.05) is 0 Å². The van der Waals surface area contributed by atoms with Gasteiger partial charge in [0.2, 0.25) is 5.60 Å². The molecule has 122 valence electrons. The molecule has 0 bridgehead atoms. The van der Waals surface area contributed by atoms with Crippen molar-refractivity contribution in [2.75, 3.05) is 11.9 Å². The summed E-state index contributed by atoms with van der Waals surface area (Å²) in [6, 6.07) is 9.25. The minimum absolute atomic E-state index is 0.0307. The Morgan fingerprint density at radius 1 is 1.04 bits per heavy atom. The Morgan fingerprint density at radius 2 is 1.75 bits per heavy atom. The molecule has 0 radical (unpaired) electrons. The number of rotatable bonds is 0. The summed E-state index contributed by atoms with van der Waals surface area (Å²) in [5, 5.41) is 0. The molecular weight excluding hydrogens is 323 g/mol. The Bertz CT molecular complexity index is 906. The molecule has 0 saturated carbocycles. The molecule has 1 atom stereocenters. The fourth-order valence-electron chi connectivity index (χ4n) is 3.32. The molecule has 24 heavy (non-hydrogen) atoms. The van der Waals surface area contributed by atoms with Crippen LogP contribution >= 0.6 is 0 Å². The van der Waals surface area contributed by atoms with Crippen molar-refractivity contribution in [2.45, 2.75) is 11.8 Å². The van der Waals surface area contributed by atoms with Gasteiger partial charge in [-0.05, 0) is 24.3 Å². The van der Waals surface area contributed by atoms with Crippen LogP contribution in [0.2, 0.25) is 0 Å². The Balaban J connectivity index is 2.04. The molecule has 1 unspecified atom stereocenters. The van der Waals surface area contributed by atoms with E-state index in [2.05, 4.69) is 0 Å². The zero-order valence-corrected chi connectivity index (χ0v) is 12.3. The maximum atomic E-state index is 13.1. The molecule has 1 spiro atoms. The predicted molar refractivity (Wildman–Crippen MR) is 77.5 cm³/mol. The first-order chi connectivity index (χ1) is 11.3. The van der Waals surface area contributed by atoms with Gasteiger partial charge in [-0.3, -0.25) is 4.79 Å². The highest BCUT2D eigenvalue weighted by Gasteiger charge is 2.59. The van der Waals surface area contributed by atoms with Crippen molar-refractivity contribution in [1.82, 2.24) is 0 Å². The average Bonchev–Trinajstić information content (AvgIpc) is 2.96. The third-order valence-corrected chi connectivity index (χ3v) is 4.44. The number of hydrogen-bond acceptors (Lipinski definition) is 3. The van der Waals surface area contributed by atoms with Gasteiger partial charge in [0.25, 0.3) is 5.91 Å². The number of anilines is 1. The Labute approximate surface area is 134 Å². The summed E-state index contributed by atoms with van der Waals surface area (Å²) in [4.78, 5) is 26.2. The number of esters is 1. The summed E-state index contributed by atoms with van der Waals surface area (Å²) in [6.45, 7) is 0. The third-order valence-electron chi connectivity index (χ3n) is 4.44. The lowest BCUT2D eigenvalue weighted by atomic mass is 9.86. The summed E-state index contributed by atoms with van der Waals surface area (Å²) in [5.41, 5.74) is -1.97. The van der Waals surface area contributed by atoms with Crippen molar-refractivity contribution in [2.24, 2.45) is 0 Å². The first-order valence-corrected chi connectivity index (χ1v) is 7.09. The smallest absolute Gasteiger partial charge is 0.416 e. The molecule has 2 aromatic rings. The Kier molecular flexibility index (Phi) is 2.69. The SMILES string of the molecule is CN1C(=O)C2(OC(=O)c3ccccc32)c2cc(C(F)(F)F)ccc21. The molecule has 1 amide bonds. The molecule has 0 aromatic heterocycles. The van der Waals surface area contributed by atoms with Crippen LogP contribution in [-0.4, -0.2) is 18.9 Å². The van der Waals surface area contributed by atoms with E-state index in [-0.39, 0.29) is 22.4 Å². The van der Waals surface area contributed by atoms with Crippen LogP contribution in [0.15, 0.2) is 42.5 Å². The number of carbonyl (C=O) groups is 2. The van der Waals surface area contributed by atoms with E-state index in [9.17, 15) is 22.8 Å². The van der Waals surface area contributed by atoms with E-state index < -0.39 is 29.2 Å². The van der Waals surface area contributed by atoms with Crippen LogP contribution in [0.3, 0.4) is 0 Å². The number of carbonyl (C=O) groups excluding carboxylic acids is 2. The molecule has 2 aliphatic rings. The van der Waals surface area contributed by atoms with Crippen LogP contribution in [-0.2, 0) is 21.3 Å². The van der Waals surface area contributed by atoms with Gasteiger partial charge in [0.15, 0.2) is 0 Å². The minimum Gasteiger partial charge on any atom is -0.435 e. The molecule has 2 heterocycles. The van der Waals surface area contributed by atoms with E-state index >= 15 is 0 Å². The van der Waals surface area contributed by atoms with Gasteiger partial charge in [-0.1, -0.05) is 18.2 Å². The Morgan fingerprint density at radius 3 is 2.46 bits per heavy atom. The van der Waals surface area contributed by atoms with E-state index in [4.69, 9.17) is 4.74 Å². The summed E-state index contributed by atoms with van der Waals surface area (Å²) in [6.07, 6.45) is -4.57. The lowest BCUT2D eigenvalue weighted by Gasteiger charge is -2.22. The highest BCUT2D eigenvalue weighted by molar-refractivity contribution is 6.14. The van der Waals surface area contributed by atoms with Gasteiger partial charge in [0, 0.05) is 18.2 Å². The van der Waals surface area contributed by atoms with Crippen LogP contribution in [0.25, 0.3) is 0 Å². The van der Waals surface area contributed by atoms with Gasteiger partial charge in [-0.25, -0.2) is 4.79 Å². The highest BCUT2D eigenvalue weighted by atomic mass is 19.4. The third kappa shape index (κ3) is 1.64. The average molecular weight is 333 g/mol. The number of hydrogen-bond donors (Lipinski definition) is 0. The molecule has 0 saturated heterocycles. The van der Waals surface area contributed by atoms with Crippen molar-refractivity contribution in [1.29, 1.82) is 0 Å². The lowest BCUT2D eigenvalue weighted by molar-refractivity contribution is -0.138. The molecule has 4 nitrogen and oxygen atoms in total. The summed E-state index contributed by atoms with van der Waals surface area (Å²) in [5.74, 6) is -1.31. The van der Waals surface area contributed by atoms with Crippen LogP contribution in [0, 0.1) is 0 Å². The Hall–Kier alpha value is -2.83. The second-order valence-electron chi connectivity index (χ2n) is 5.71. The van der Waals surface area contributed by atoms with Crippen molar-refractivity contribution >= 4 is 17.6 Å². The summed E-state index contributed by atoms with van der Waals surface area (Å²) < 4.78 is 44.6. The van der Waals surface area contributed by atoms with Crippen LogP contribution < -0.4 is 4.90 Å². The van der Waals surface area contributed by atoms with Crippen molar-refractivity contribution < 1.29 is 27.5 Å². The standard InChI is InChI=1S/C17H10F3NO3/c1-21-13-7-6-9(17(18,19)20)8-12(13)16(15(21)23)11-5-3-2-4-10(11)14(22)24-16/h2-8H,1H3. The first-order valence-electron chi connectivity index (χ1n) is 7.09. The number of nitrogens with zero attached hydrogens (tertiary/aromatic N) is 1. The zero-order valence-electron chi connectivity index (χ0n) is 12.3. The van der Waals surface area contributed by atoms with Crippen molar-refractivity contribution in [3.05, 3.63) is 64.7 Å². The molecular formula is C17H10F3NO3. The zero-order chi connectivity index (χ0) is 17.3. The maximum absolute atomic E-state index is 13.1. The molecule has 2 aliphatic heterocycles. The topological polar surface area (TPSA) is 46.6 Å². The fourth-order valence-corrected chi connectivity index (χ4v) is 3.32. The highest BCUT2D eigenvalue weighted by Crippen LogP contribution is 2.52. The van der Waals surface area contributed by atoms with E-state index in [1.54, 1.807) is 12.1 Å². The van der Waals surface area contributed by atoms with E-state index in [1.165, 1.54) is 30.1 Å². The molecule has 4 rings (SSSR count). The summed E-state index contributed by atoms with van der Waals surface area (Å²) >= 11 is 0. The minimum atomic E-state index is -4.57. The monoisotopic (exact) mass is 333 g/mol. The number of benzene rings is 2. The number of alkyl halides is 3. The van der Waals surface area contributed by atoms with Gasteiger partial charge in [0.05, 0.1) is 16.8 Å². The van der Waals surface area contributed by atoms with Crippen LogP contribution in [0.4, 0.5) is 18.9 Å². The second-order valence-corrected chi connectivity index (χ2v) is 5.71. The maximum Gasteiger partial charge on any atom is 0.416 e. The molecule has 0 N–H and O–H groups in total. The first kappa shape index (κ1) is 14.7. The lowest BCUT2D eigenvalue weighted by Crippen LogP contribution is -2.39. The van der Waals surface area contributed by atoms with Crippen LogP contribution in [0.1, 0.15) is 27.0 Å².